The van der Waals surface area contributed by atoms with Crippen molar-refractivity contribution in [3.63, 3.8) is 0 Å². The molecule has 0 aliphatic carbocycles. The number of pyridine rings is 3. The Labute approximate surface area is 206 Å². The SMILES string of the molecule is CCCNCc1cncc(-c2ncc3[nH]nc(-c4nc5c(-c6ccccn6)cccc5[nH]4)c3c2F)c1. The van der Waals surface area contributed by atoms with Gasteiger partial charge in [0.15, 0.2) is 11.6 Å². The van der Waals surface area contributed by atoms with Gasteiger partial charge in [-0.05, 0) is 42.8 Å². The van der Waals surface area contributed by atoms with Crippen LogP contribution in [0.25, 0.3) is 56.0 Å². The Morgan fingerprint density at radius 2 is 1.92 bits per heavy atom. The zero-order valence-corrected chi connectivity index (χ0v) is 19.6. The topological polar surface area (TPSA) is 108 Å². The van der Waals surface area contributed by atoms with Crippen molar-refractivity contribution in [2.45, 2.75) is 19.9 Å². The van der Waals surface area contributed by atoms with E-state index in [1.807, 2.05) is 42.5 Å². The molecule has 0 aliphatic rings. The van der Waals surface area contributed by atoms with Gasteiger partial charge in [-0.1, -0.05) is 25.1 Å². The van der Waals surface area contributed by atoms with E-state index in [0.717, 1.165) is 40.8 Å². The smallest absolute Gasteiger partial charge is 0.161 e. The van der Waals surface area contributed by atoms with Crippen LogP contribution in [-0.4, -0.2) is 41.7 Å². The number of imidazole rings is 1. The van der Waals surface area contributed by atoms with Gasteiger partial charge in [0.1, 0.15) is 11.4 Å². The van der Waals surface area contributed by atoms with Crippen molar-refractivity contribution < 1.29 is 4.39 Å². The number of H-pyrrole nitrogens is 2. The fourth-order valence-electron chi connectivity index (χ4n) is 4.34. The number of aromatic amines is 2. The minimum Gasteiger partial charge on any atom is -0.337 e. The summed E-state index contributed by atoms with van der Waals surface area (Å²) in [6, 6.07) is 13.5. The first-order chi connectivity index (χ1) is 17.7. The lowest BCUT2D eigenvalue weighted by Crippen LogP contribution is -2.13. The second kappa shape index (κ2) is 9.27. The van der Waals surface area contributed by atoms with E-state index in [0.29, 0.717) is 34.5 Å². The van der Waals surface area contributed by atoms with Gasteiger partial charge < -0.3 is 10.3 Å². The van der Waals surface area contributed by atoms with Crippen molar-refractivity contribution in [2.75, 3.05) is 6.54 Å². The largest absolute Gasteiger partial charge is 0.337 e. The highest BCUT2D eigenvalue weighted by Gasteiger charge is 2.21. The molecular weight excluding hydrogens is 455 g/mol. The van der Waals surface area contributed by atoms with Crippen molar-refractivity contribution in [2.24, 2.45) is 0 Å². The van der Waals surface area contributed by atoms with Gasteiger partial charge >= 0.3 is 0 Å². The first-order valence-corrected chi connectivity index (χ1v) is 11.8. The molecule has 0 fully saturated rings. The minimum absolute atomic E-state index is 0.222. The number of halogens is 1. The monoisotopic (exact) mass is 478 g/mol. The van der Waals surface area contributed by atoms with Gasteiger partial charge in [-0.2, -0.15) is 5.10 Å². The molecule has 3 N–H and O–H groups in total. The second-order valence-corrected chi connectivity index (χ2v) is 8.54. The van der Waals surface area contributed by atoms with Crippen LogP contribution in [0.5, 0.6) is 0 Å². The number of hydrogen-bond donors (Lipinski definition) is 3. The molecule has 1 aromatic carbocycles. The Bertz CT molecular complexity index is 1670. The second-order valence-electron chi connectivity index (χ2n) is 8.54. The van der Waals surface area contributed by atoms with Crippen molar-refractivity contribution in [1.29, 1.82) is 0 Å². The van der Waals surface area contributed by atoms with E-state index in [-0.39, 0.29) is 5.69 Å². The molecule has 0 saturated heterocycles. The molecule has 5 aromatic heterocycles. The third kappa shape index (κ3) is 3.89. The summed E-state index contributed by atoms with van der Waals surface area (Å²) in [6.45, 7) is 3.67. The van der Waals surface area contributed by atoms with E-state index in [4.69, 9.17) is 4.98 Å². The fraction of sp³-hybridized carbons (Fsp3) is 0.148. The van der Waals surface area contributed by atoms with E-state index >= 15 is 4.39 Å². The van der Waals surface area contributed by atoms with Crippen molar-refractivity contribution >= 4 is 21.9 Å². The maximum absolute atomic E-state index is 16.0. The summed E-state index contributed by atoms with van der Waals surface area (Å²) in [6.07, 6.45) is 7.78. The summed E-state index contributed by atoms with van der Waals surface area (Å²) < 4.78 is 16.0. The Morgan fingerprint density at radius 1 is 0.972 bits per heavy atom. The molecule has 6 aromatic rings. The molecule has 6 rings (SSSR count). The highest BCUT2D eigenvalue weighted by atomic mass is 19.1. The molecule has 0 amide bonds. The fourth-order valence-corrected chi connectivity index (χ4v) is 4.34. The normalized spacial score (nSPS) is 11.5. The number of benzene rings is 1. The van der Waals surface area contributed by atoms with Crippen LogP contribution in [0.2, 0.25) is 0 Å². The van der Waals surface area contributed by atoms with Crippen LogP contribution in [0, 0.1) is 5.82 Å². The molecule has 5 heterocycles. The van der Waals surface area contributed by atoms with Crippen molar-refractivity contribution in [1.82, 2.24) is 40.4 Å². The van der Waals surface area contributed by atoms with Crippen LogP contribution < -0.4 is 5.32 Å². The Kier molecular flexibility index (Phi) is 5.67. The van der Waals surface area contributed by atoms with E-state index in [1.54, 1.807) is 24.8 Å². The number of hydrogen-bond acceptors (Lipinski definition) is 6. The number of para-hydroxylation sites is 1. The first-order valence-electron chi connectivity index (χ1n) is 11.8. The van der Waals surface area contributed by atoms with Gasteiger partial charge in [0, 0.05) is 36.3 Å². The molecule has 8 nitrogen and oxygen atoms in total. The number of nitrogens with zero attached hydrogens (tertiary/aromatic N) is 5. The molecule has 0 radical (unpaired) electrons. The predicted octanol–water partition coefficient (Wildman–Crippen LogP) is 5.26. The molecule has 0 spiro atoms. The lowest BCUT2D eigenvalue weighted by atomic mass is 10.1. The molecule has 0 aliphatic heterocycles. The van der Waals surface area contributed by atoms with Crippen LogP contribution in [0.15, 0.2) is 67.3 Å². The highest BCUT2D eigenvalue weighted by Crippen LogP contribution is 2.34. The van der Waals surface area contributed by atoms with Gasteiger partial charge in [0.2, 0.25) is 0 Å². The Morgan fingerprint density at radius 3 is 2.78 bits per heavy atom. The molecule has 0 atom stereocenters. The molecule has 9 heteroatoms. The van der Waals surface area contributed by atoms with E-state index < -0.39 is 5.82 Å². The van der Waals surface area contributed by atoms with Crippen LogP contribution in [0.1, 0.15) is 18.9 Å². The van der Waals surface area contributed by atoms with Gasteiger partial charge in [0.25, 0.3) is 0 Å². The quantitative estimate of drug-likeness (QED) is 0.270. The predicted molar refractivity (Wildman–Crippen MR) is 137 cm³/mol. The lowest BCUT2D eigenvalue weighted by Gasteiger charge is -2.07. The molecule has 0 saturated carbocycles. The lowest BCUT2D eigenvalue weighted by molar-refractivity contribution is 0.638. The summed E-state index contributed by atoms with van der Waals surface area (Å²) in [5.74, 6) is -0.00607. The third-order valence-electron chi connectivity index (χ3n) is 6.05. The van der Waals surface area contributed by atoms with Gasteiger partial charge in [0.05, 0.1) is 33.8 Å². The summed E-state index contributed by atoms with van der Waals surface area (Å²) in [5.41, 5.74) is 5.94. The van der Waals surface area contributed by atoms with Crippen molar-refractivity contribution in [3.8, 4) is 34.0 Å². The Hall–Kier alpha value is -4.50. The number of fused-ring (bicyclic) bond motifs is 2. The summed E-state index contributed by atoms with van der Waals surface area (Å²) in [5, 5.41) is 10.9. The summed E-state index contributed by atoms with van der Waals surface area (Å²) in [4.78, 5) is 21.2. The molecule has 178 valence electrons. The van der Waals surface area contributed by atoms with Crippen LogP contribution in [0.3, 0.4) is 0 Å². The van der Waals surface area contributed by atoms with Crippen LogP contribution in [-0.2, 0) is 6.54 Å². The average molecular weight is 479 g/mol. The van der Waals surface area contributed by atoms with Crippen molar-refractivity contribution in [3.05, 3.63) is 78.6 Å². The molecular formula is C27H23FN8. The standard InChI is InChI=1S/C27H23FN8/c1-2-9-29-12-16-11-17(14-30-13-16)24-23(28)22-21(15-32-24)35-36-26(22)27-33-20-8-5-6-18(25(20)34-27)19-7-3-4-10-31-19/h3-8,10-11,13-15,29H,2,9,12H2,1H3,(H,33,34)(H,35,36). The van der Waals surface area contributed by atoms with Gasteiger partial charge in [-0.15, -0.1) is 0 Å². The number of nitrogens with one attached hydrogen (secondary N) is 3. The number of aromatic nitrogens is 7. The average Bonchev–Trinajstić information content (AvgIpc) is 3.54. The highest BCUT2D eigenvalue weighted by molar-refractivity contribution is 5.97. The maximum atomic E-state index is 16.0. The maximum Gasteiger partial charge on any atom is 0.161 e. The minimum atomic E-state index is -0.470. The van der Waals surface area contributed by atoms with Crippen LogP contribution >= 0.6 is 0 Å². The molecule has 0 unspecified atom stereocenters. The van der Waals surface area contributed by atoms with E-state index in [1.165, 1.54) is 0 Å². The van der Waals surface area contributed by atoms with Gasteiger partial charge in [-0.25, -0.2) is 9.37 Å². The van der Waals surface area contributed by atoms with E-state index in [9.17, 15) is 0 Å². The summed E-state index contributed by atoms with van der Waals surface area (Å²) in [7, 11) is 0. The first kappa shape index (κ1) is 22.0. The van der Waals surface area contributed by atoms with E-state index in [2.05, 4.69) is 42.4 Å². The Balaban J connectivity index is 1.44. The zero-order chi connectivity index (χ0) is 24.5. The van der Waals surface area contributed by atoms with Crippen LogP contribution in [0.4, 0.5) is 4.39 Å². The zero-order valence-electron chi connectivity index (χ0n) is 19.6. The molecule has 0 bridgehead atoms. The third-order valence-corrected chi connectivity index (χ3v) is 6.05. The molecule has 36 heavy (non-hydrogen) atoms. The number of rotatable bonds is 7. The summed E-state index contributed by atoms with van der Waals surface area (Å²) >= 11 is 0. The van der Waals surface area contributed by atoms with Gasteiger partial charge in [-0.3, -0.25) is 20.1 Å².